The standard InChI is InChI=1S/C21H22N2O5S/c1-14-2-4-17-16(12-14)22-20(28-17)29-13-15-3-5-18(27-15)19(24)23-8-6-21(7-9-23)25-10-11-26-21/h2-5,12H,6-11,13H2,1H3. The zero-order valence-corrected chi connectivity index (χ0v) is 17.0. The highest BCUT2D eigenvalue weighted by Crippen LogP contribution is 2.32. The smallest absolute Gasteiger partial charge is 0.289 e. The van der Waals surface area contributed by atoms with E-state index >= 15 is 0 Å². The Balaban J connectivity index is 1.19. The van der Waals surface area contributed by atoms with Crippen LogP contribution < -0.4 is 0 Å². The zero-order chi connectivity index (χ0) is 19.8. The van der Waals surface area contributed by atoms with Crippen molar-refractivity contribution in [1.29, 1.82) is 0 Å². The number of piperidine rings is 1. The topological polar surface area (TPSA) is 77.9 Å². The van der Waals surface area contributed by atoms with Gasteiger partial charge in [0.2, 0.25) is 0 Å². The van der Waals surface area contributed by atoms with Gasteiger partial charge in [-0.05, 0) is 36.8 Å². The number of likely N-dealkylation sites (tertiary alicyclic amines) is 1. The highest BCUT2D eigenvalue weighted by Gasteiger charge is 2.41. The number of aryl methyl sites for hydroxylation is 1. The summed E-state index contributed by atoms with van der Waals surface area (Å²) in [4.78, 5) is 19.0. The summed E-state index contributed by atoms with van der Waals surface area (Å²) in [5.41, 5.74) is 2.76. The van der Waals surface area contributed by atoms with E-state index in [-0.39, 0.29) is 5.91 Å². The van der Waals surface area contributed by atoms with Gasteiger partial charge in [-0.1, -0.05) is 17.8 Å². The minimum absolute atomic E-state index is 0.0913. The van der Waals surface area contributed by atoms with Crippen molar-refractivity contribution in [1.82, 2.24) is 9.88 Å². The third-order valence-corrected chi connectivity index (χ3v) is 6.21. The van der Waals surface area contributed by atoms with Crippen molar-refractivity contribution in [2.45, 2.75) is 36.5 Å². The summed E-state index contributed by atoms with van der Waals surface area (Å²) in [6, 6.07) is 9.49. The molecule has 0 aliphatic carbocycles. The first-order valence-corrected chi connectivity index (χ1v) is 10.7. The van der Waals surface area contributed by atoms with Crippen LogP contribution in [0.1, 0.15) is 34.7 Å². The molecule has 0 unspecified atom stereocenters. The Labute approximate surface area is 172 Å². The molecule has 1 aromatic carbocycles. The Morgan fingerprint density at radius 3 is 2.72 bits per heavy atom. The summed E-state index contributed by atoms with van der Waals surface area (Å²) in [6.45, 7) is 4.50. The molecule has 0 radical (unpaired) electrons. The van der Waals surface area contributed by atoms with Crippen LogP contribution in [0.2, 0.25) is 0 Å². The molecule has 0 saturated carbocycles. The first-order valence-electron chi connectivity index (χ1n) is 9.76. The SMILES string of the molecule is Cc1ccc2oc(SCc3ccc(C(=O)N4CCC5(CC4)OCCO5)o3)nc2c1. The number of ether oxygens (including phenoxy) is 2. The van der Waals surface area contributed by atoms with E-state index in [0.717, 1.165) is 16.7 Å². The Kier molecular flexibility index (Phi) is 4.85. The number of amides is 1. The molecule has 2 aliphatic rings. The lowest BCUT2D eigenvalue weighted by molar-refractivity contribution is -0.181. The van der Waals surface area contributed by atoms with Crippen LogP contribution in [0.4, 0.5) is 0 Å². The summed E-state index contributed by atoms with van der Waals surface area (Å²) >= 11 is 1.45. The molecule has 7 nitrogen and oxygen atoms in total. The van der Waals surface area contributed by atoms with E-state index in [4.69, 9.17) is 18.3 Å². The maximum Gasteiger partial charge on any atom is 0.289 e. The number of carbonyl (C=O) groups excluding carboxylic acids is 1. The lowest BCUT2D eigenvalue weighted by Gasteiger charge is -2.37. The van der Waals surface area contributed by atoms with Gasteiger partial charge < -0.3 is 23.2 Å². The number of carbonyl (C=O) groups is 1. The van der Waals surface area contributed by atoms with E-state index in [1.807, 2.05) is 31.2 Å². The predicted octanol–water partition coefficient (Wildman–Crippen LogP) is 4.00. The van der Waals surface area contributed by atoms with E-state index in [2.05, 4.69) is 4.98 Å². The number of thioether (sulfide) groups is 1. The fourth-order valence-electron chi connectivity index (χ4n) is 3.77. The summed E-state index contributed by atoms with van der Waals surface area (Å²) in [7, 11) is 0. The summed E-state index contributed by atoms with van der Waals surface area (Å²) in [5, 5.41) is 0.591. The van der Waals surface area contributed by atoms with E-state index in [0.29, 0.717) is 61.6 Å². The number of rotatable bonds is 4. The zero-order valence-electron chi connectivity index (χ0n) is 16.2. The van der Waals surface area contributed by atoms with Crippen LogP contribution in [0.3, 0.4) is 0 Å². The normalized spacial score (nSPS) is 18.7. The van der Waals surface area contributed by atoms with Crippen molar-refractivity contribution in [3.05, 3.63) is 47.4 Å². The maximum absolute atomic E-state index is 12.8. The molecular formula is C21H22N2O5S. The number of aromatic nitrogens is 1. The second-order valence-electron chi connectivity index (χ2n) is 7.41. The van der Waals surface area contributed by atoms with Crippen molar-refractivity contribution in [2.24, 2.45) is 0 Å². The van der Waals surface area contributed by atoms with E-state index < -0.39 is 5.79 Å². The number of oxazole rings is 1. The van der Waals surface area contributed by atoms with E-state index in [9.17, 15) is 4.79 Å². The summed E-state index contributed by atoms with van der Waals surface area (Å²) in [6.07, 6.45) is 1.39. The Morgan fingerprint density at radius 1 is 1.14 bits per heavy atom. The molecule has 5 rings (SSSR count). The van der Waals surface area contributed by atoms with Gasteiger partial charge in [-0.3, -0.25) is 4.79 Å². The van der Waals surface area contributed by atoms with Crippen LogP contribution in [0.25, 0.3) is 11.1 Å². The molecule has 2 aliphatic heterocycles. The molecule has 29 heavy (non-hydrogen) atoms. The lowest BCUT2D eigenvalue weighted by Crippen LogP contribution is -2.47. The fourth-order valence-corrected chi connectivity index (χ4v) is 4.51. The van der Waals surface area contributed by atoms with Crippen molar-refractivity contribution in [2.75, 3.05) is 26.3 Å². The Morgan fingerprint density at radius 2 is 1.93 bits per heavy atom. The van der Waals surface area contributed by atoms with Crippen molar-refractivity contribution < 1.29 is 23.1 Å². The largest absolute Gasteiger partial charge is 0.455 e. The van der Waals surface area contributed by atoms with Gasteiger partial charge in [-0.15, -0.1) is 0 Å². The molecule has 3 aromatic rings. The number of benzene rings is 1. The molecule has 0 N–H and O–H groups in total. The van der Waals surface area contributed by atoms with Gasteiger partial charge in [-0.2, -0.15) is 0 Å². The summed E-state index contributed by atoms with van der Waals surface area (Å²) < 4.78 is 23.0. The summed E-state index contributed by atoms with van der Waals surface area (Å²) in [5.74, 6) is 1.04. The van der Waals surface area contributed by atoms with E-state index in [1.54, 1.807) is 11.0 Å². The van der Waals surface area contributed by atoms with Crippen molar-refractivity contribution in [3.8, 4) is 0 Å². The highest BCUT2D eigenvalue weighted by atomic mass is 32.2. The minimum atomic E-state index is -0.486. The van der Waals surface area contributed by atoms with Crippen LogP contribution in [-0.4, -0.2) is 47.9 Å². The molecule has 4 heterocycles. The quantitative estimate of drug-likeness (QED) is 0.597. The second-order valence-corrected chi connectivity index (χ2v) is 8.33. The second kappa shape index (κ2) is 7.51. The molecule has 2 aromatic heterocycles. The van der Waals surface area contributed by atoms with Crippen LogP contribution in [0, 0.1) is 6.92 Å². The van der Waals surface area contributed by atoms with Gasteiger partial charge >= 0.3 is 0 Å². The first-order chi connectivity index (χ1) is 14.1. The molecule has 152 valence electrons. The average molecular weight is 414 g/mol. The number of fused-ring (bicyclic) bond motifs is 1. The number of hydrogen-bond donors (Lipinski definition) is 0. The molecule has 1 amide bonds. The maximum atomic E-state index is 12.8. The van der Waals surface area contributed by atoms with Gasteiger partial charge in [0.15, 0.2) is 17.1 Å². The molecule has 1 spiro atoms. The van der Waals surface area contributed by atoms with Crippen LogP contribution in [0.15, 0.2) is 44.4 Å². The van der Waals surface area contributed by atoms with Gasteiger partial charge in [0.25, 0.3) is 11.1 Å². The minimum Gasteiger partial charge on any atom is -0.455 e. The molecule has 0 bridgehead atoms. The van der Waals surface area contributed by atoms with Crippen LogP contribution in [-0.2, 0) is 15.2 Å². The van der Waals surface area contributed by atoms with Crippen LogP contribution in [0.5, 0.6) is 0 Å². The van der Waals surface area contributed by atoms with Gasteiger partial charge in [-0.25, -0.2) is 4.98 Å². The van der Waals surface area contributed by atoms with Crippen molar-refractivity contribution >= 4 is 28.8 Å². The highest BCUT2D eigenvalue weighted by molar-refractivity contribution is 7.98. The number of furan rings is 1. The Hall–Kier alpha value is -2.29. The van der Waals surface area contributed by atoms with Gasteiger partial charge in [0.05, 0.1) is 19.0 Å². The third kappa shape index (κ3) is 3.80. The number of hydrogen-bond acceptors (Lipinski definition) is 7. The molecule has 2 saturated heterocycles. The van der Waals surface area contributed by atoms with Crippen molar-refractivity contribution in [3.63, 3.8) is 0 Å². The third-order valence-electron chi connectivity index (χ3n) is 5.36. The predicted molar refractivity (Wildman–Crippen MR) is 107 cm³/mol. The molecular weight excluding hydrogens is 392 g/mol. The molecule has 2 fully saturated rings. The fraction of sp³-hybridized carbons (Fsp3) is 0.429. The molecule has 8 heteroatoms. The first kappa shape index (κ1) is 18.7. The van der Waals surface area contributed by atoms with E-state index in [1.165, 1.54) is 11.8 Å². The monoisotopic (exact) mass is 414 g/mol. The lowest BCUT2D eigenvalue weighted by atomic mass is 10.0. The van der Waals surface area contributed by atoms with Gasteiger partial charge in [0, 0.05) is 25.9 Å². The number of nitrogens with zero attached hydrogens (tertiary/aromatic N) is 2. The van der Waals surface area contributed by atoms with Gasteiger partial charge in [0.1, 0.15) is 11.3 Å². The van der Waals surface area contributed by atoms with Crippen LogP contribution >= 0.6 is 11.8 Å². The Bertz CT molecular complexity index is 1030. The average Bonchev–Trinajstić information content (AvgIpc) is 3.46. The molecule has 0 atom stereocenters.